The van der Waals surface area contributed by atoms with Crippen LogP contribution in [0.2, 0.25) is 0 Å². The van der Waals surface area contributed by atoms with Crippen LogP contribution in [0.25, 0.3) is 11.0 Å². The first-order chi connectivity index (χ1) is 16.8. The average Bonchev–Trinajstić information content (AvgIpc) is 3.31. The lowest BCUT2D eigenvalue weighted by Crippen LogP contribution is -2.26. The summed E-state index contributed by atoms with van der Waals surface area (Å²) in [4.78, 5) is 24.2. The van der Waals surface area contributed by atoms with Crippen molar-refractivity contribution in [3.05, 3.63) is 71.9 Å². The maximum atomic E-state index is 12.1. The number of H-pyrrole nitrogens is 1. The molecule has 2 aromatic heterocycles. The Morgan fingerprint density at radius 1 is 1.06 bits per heavy atom. The molecule has 0 aliphatic heterocycles. The zero-order valence-electron chi connectivity index (χ0n) is 19.7. The molecule has 0 fully saturated rings. The minimum Gasteiger partial charge on any atom is -0.365 e. The number of hydrogen-bond acceptors (Lipinski definition) is 7. The lowest BCUT2D eigenvalue weighted by Gasteiger charge is -2.20. The van der Waals surface area contributed by atoms with Gasteiger partial charge in [-0.05, 0) is 48.9 Å². The van der Waals surface area contributed by atoms with E-state index in [9.17, 15) is 13.2 Å². The number of sulfonamides is 1. The topological polar surface area (TPSA) is 132 Å². The van der Waals surface area contributed by atoms with Crippen LogP contribution in [0.5, 0.6) is 0 Å². The van der Waals surface area contributed by atoms with Gasteiger partial charge < -0.3 is 20.9 Å². The van der Waals surface area contributed by atoms with Crippen LogP contribution in [0.4, 0.5) is 23.1 Å². The first-order valence-corrected chi connectivity index (χ1v) is 12.9. The van der Waals surface area contributed by atoms with Crippen molar-refractivity contribution in [2.45, 2.75) is 13.5 Å². The number of carbonyl (C=O) groups is 1. The van der Waals surface area contributed by atoms with Crippen LogP contribution >= 0.6 is 0 Å². The monoisotopic (exact) mass is 493 g/mol. The SMILES string of the molecule is CCNC(=O)c1ccc(Nc2nc(NCc3ccccc3N(C)S(C)(=O)=O)c3cc[nH]c3n2)cc1. The van der Waals surface area contributed by atoms with E-state index in [0.29, 0.717) is 41.8 Å². The van der Waals surface area contributed by atoms with Crippen molar-refractivity contribution < 1.29 is 13.2 Å². The number of aromatic amines is 1. The number of benzene rings is 2. The maximum Gasteiger partial charge on any atom is 0.251 e. The van der Waals surface area contributed by atoms with Gasteiger partial charge in [-0.1, -0.05) is 18.2 Å². The van der Waals surface area contributed by atoms with Gasteiger partial charge in [-0.2, -0.15) is 9.97 Å². The number of amides is 1. The first kappa shape index (κ1) is 24.0. The van der Waals surface area contributed by atoms with Crippen molar-refractivity contribution in [3.8, 4) is 0 Å². The number of anilines is 4. The fourth-order valence-corrected chi connectivity index (χ4v) is 4.09. The molecule has 4 aromatic rings. The molecular formula is C24H27N7O3S. The first-order valence-electron chi connectivity index (χ1n) is 11.0. The molecule has 1 amide bonds. The standard InChI is InChI=1S/C24H27N7O3S/c1-4-25-23(32)16-9-11-18(12-10-16)28-24-29-21-19(13-14-26-21)22(30-24)27-15-17-7-5-6-8-20(17)31(2)35(3,33)34/h5-14H,4,15H2,1-3H3,(H,25,32)(H3,26,27,28,29,30). The van der Waals surface area contributed by atoms with Crippen LogP contribution in [0, 0.1) is 0 Å². The molecule has 0 radical (unpaired) electrons. The number of carbonyl (C=O) groups excluding carboxylic acids is 1. The summed E-state index contributed by atoms with van der Waals surface area (Å²) in [5.41, 5.74) is 3.34. The van der Waals surface area contributed by atoms with Crippen LogP contribution < -0.4 is 20.3 Å². The van der Waals surface area contributed by atoms with Crippen molar-refractivity contribution in [3.63, 3.8) is 0 Å². The Morgan fingerprint density at radius 3 is 2.51 bits per heavy atom. The molecule has 0 aliphatic carbocycles. The second-order valence-electron chi connectivity index (χ2n) is 7.91. The Hall–Kier alpha value is -4.12. The quantitative estimate of drug-likeness (QED) is 0.281. The minimum absolute atomic E-state index is 0.128. The van der Waals surface area contributed by atoms with Gasteiger partial charge in [0.2, 0.25) is 16.0 Å². The summed E-state index contributed by atoms with van der Waals surface area (Å²) in [6.45, 7) is 2.79. The third kappa shape index (κ3) is 5.52. The second-order valence-corrected chi connectivity index (χ2v) is 9.92. The van der Waals surface area contributed by atoms with Gasteiger partial charge in [-0.25, -0.2) is 8.42 Å². The zero-order valence-corrected chi connectivity index (χ0v) is 20.5. The van der Waals surface area contributed by atoms with Gasteiger partial charge >= 0.3 is 0 Å². The lowest BCUT2D eigenvalue weighted by atomic mass is 10.1. The molecule has 35 heavy (non-hydrogen) atoms. The van der Waals surface area contributed by atoms with E-state index in [1.165, 1.54) is 17.6 Å². The van der Waals surface area contributed by atoms with Gasteiger partial charge in [0.1, 0.15) is 11.5 Å². The van der Waals surface area contributed by atoms with Crippen molar-refractivity contribution in [1.29, 1.82) is 0 Å². The molecule has 0 bridgehead atoms. The summed E-state index contributed by atoms with van der Waals surface area (Å²) < 4.78 is 25.4. The Balaban J connectivity index is 1.57. The molecule has 4 rings (SSSR count). The summed E-state index contributed by atoms with van der Waals surface area (Å²) >= 11 is 0. The highest BCUT2D eigenvalue weighted by Gasteiger charge is 2.16. The van der Waals surface area contributed by atoms with Crippen LogP contribution in [0.1, 0.15) is 22.8 Å². The highest BCUT2D eigenvalue weighted by molar-refractivity contribution is 7.92. The molecule has 0 spiro atoms. The van der Waals surface area contributed by atoms with Crippen LogP contribution in [0.15, 0.2) is 60.8 Å². The van der Waals surface area contributed by atoms with Crippen LogP contribution in [-0.4, -0.2) is 49.1 Å². The largest absolute Gasteiger partial charge is 0.365 e. The third-order valence-electron chi connectivity index (χ3n) is 5.43. The van der Waals surface area contributed by atoms with E-state index in [-0.39, 0.29) is 5.91 Å². The van der Waals surface area contributed by atoms with E-state index < -0.39 is 10.0 Å². The van der Waals surface area contributed by atoms with E-state index in [1.54, 1.807) is 42.6 Å². The van der Waals surface area contributed by atoms with Crippen LogP contribution in [0.3, 0.4) is 0 Å². The van der Waals surface area contributed by atoms with Crippen molar-refractivity contribution >= 4 is 50.1 Å². The van der Waals surface area contributed by atoms with Gasteiger partial charge in [0.05, 0.1) is 17.3 Å². The zero-order chi connectivity index (χ0) is 25.0. The average molecular weight is 494 g/mol. The highest BCUT2D eigenvalue weighted by Crippen LogP contribution is 2.26. The molecule has 4 N–H and O–H groups in total. The predicted molar refractivity (Wildman–Crippen MR) is 139 cm³/mol. The van der Waals surface area contributed by atoms with Gasteiger partial charge in [-0.15, -0.1) is 0 Å². The molecule has 2 aromatic carbocycles. The van der Waals surface area contributed by atoms with E-state index in [4.69, 9.17) is 0 Å². The van der Waals surface area contributed by atoms with Gasteiger partial charge in [0.15, 0.2) is 0 Å². The minimum atomic E-state index is -3.40. The summed E-state index contributed by atoms with van der Waals surface area (Å²) in [5.74, 6) is 0.834. The number of fused-ring (bicyclic) bond motifs is 1. The van der Waals surface area contributed by atoms with Gasteiger partial charge in [0, 0.05) is 37.6 Å². The van der Waals surface area contributed by atoms with E-state index in [1.807, 2.05) is 25.1 Å². The van der Waals surface area contributed by atoms with Gasteiger partial charge in [0.25, 0.3) is 5.91 Å². The summed E-state index contributed by atoms with van der Waals surface area (Å²) in [7, 11) is -1.87. The Kier molecular flexibility index (Phi) is 6.87. The fourth-order valence-electron chi connectivity index (χ4n) is 3.55. The molecular weight excluding hydrogens is 466 g/mol. The number of hydrogen-bond donors (Lipinski definition) is 4. The Morgan fingerprint density at radius 2 is 1.80 bits per heavy atom. The number of para-hydroxylation sites is 1. The van der Waals surface area contributed by atoms with Crippen LogP contribution in [-0.2, 0) is 16.6 Å². The van der Waals surface area contributed by atoms with Crippen molar-refractivity contribution in [2.75, 3.05) is 34.8 Å². The summed E-state index contributed by atoms with van der Waals surface area (Å²) in [6.07, 6.45) is 2.95. The number of nitrogens with one attached hydrogen (secondary N) is 4. The molecule has 0 atom stereocenters. The molecule has 11 heteroatoms. The molecule has 0 aliphatic rings. The predicted octanol–water partition coefficient (Wildman–Crippen LogP) is 3.46. The Labute approximate surface area is 203 Å². The van der Waals surface area contributed by atoms with Gasteiger partial charge in [-0.3, -0.25) is 9.10 Å². The van der Waals surface area contributed by atoms with E-state index in [2.05, 4.69) is 30.9 Å². The molecule has 2 heterocycles. The molecule has 0 saturated heterocycles. The smallest absolute Gasteiger partial charge is 0.251 e. The fraction of sp³-hybridized carbons (Fsp3) is 0.208. The molecule has 10 nitrogen and oxygen atoms in total. The second kappa shape index (κ2) is 10.0. The van der Waals surface area contributed by atoms with E-state index in [0.717, 1.165) is 16.6 Å². The summed E-state index contributed by atoms with van der Waals surface area (Å²) in [5, 5.41) is 10.1. The van der Waals surface area contributed by atoms with Crippen molar-refractivity contribution in [1.82, 2.24) is 20.3 Å². The number of nitrogens with zero attached hydrogens (tertiary/aromatic N) is 3. The molecule has 0 unspecified atom stereocenters. The summed E-state index contributed by atoms with van der Waals surface area (Å²) in [6, 6.07) is 16.2. The Bertz CT molecular complexity index is 1450. The van der Waals surface area contributed by atoms with E-state index >= 15 is 0 Å². The third-order valence-corrected chi connectivity index (χ3v) is 6.62. The normalized spacial score (nSPS) is 11.3. The number of rotatable bonds is 9. The molecule has 182 valence electrons. The lowest BCUT2D eigenvalue weighted by molar-refractivity contribution is 0.0956. The molecule has 0 saturated carbocycles. The number of aromatic nitrogens is 3. The van der Waals surface area contributed by atoms with Crippen molar-refractivity contribution in [2.24, 2.45) is 0 Å². The maximum absolute atomic E-state index is 12.1. The highest BCUT2D eigenvalue weighted by atomic mass is 32.2.